The predicted molar refractivity (Wildman–Crippen MR) is 66.7 cm³/mol. The molecule has 20 heavy (non-hydrogen) atoms. The SMILES string of the molecule is CC1CC(C(=O)O)CCN1C(=O)NCCOCC(F)F. The van der Waals surface area contributed by atoms with Crippen molar-refractivity contribution in [3.63, 3.8) is 0 Å². The molecule has 1 saturated heterocycles. The molecule has 116 valence electrons. The van der Waals surface area contributed by atoms with E-state index in [1.54, 1.807) is 11.8 Å². The van der Waals surface area contributed by atoms with Gasteiger partial charge in [-0.05, 0) is 19.8 Å². The molecule has 0 aromatic heterocycles. The van der Waals surface area contributed by atoms with Crippen LogP contribution in [0.1, 0.15) is 19.8 Å². The largest absolute Gasteiger partial charge is 0.481 e. The number of ether oxygens (including phenoxy) is 1. The van der Waals surface area contributed by atoms with Gasteiger partial charge in [0.15, 0.2) is 0 Å². The molecule has 0 spiro atoms. The highest BCUT2D eigenvalue weighted by atomic mass is 19.3. The number of halogens is 2. The Kier molecular flexibility index (Phi) is 6.63. The summed E-state index contributed by atoms with van der Waals surface area (Å²) < 4.78 is 28.2. The first-order chi connectivity index (χ1) is 9.41. The van der Waals surface area contributed by atoms with E-state index in [1.165, 1.54) is 0 Å². The number of carbonyl (C=O) groups excluding carboxylic acids is 1. The Bertz CT molecular complexity index is 341. The zero-order valence-corrected chi connectivity index (χ0v) is 11.3. The quantitative estimate of drug-likeness (QED) is 0.721. The van der Waals surface area contributed by atoms with Crippen LogP contribution in [-0.2, 0) is 9.53 Å². The van der Waals surface area contributed by atoms with Crippen LogP contribution in [-0.4, -0.2) is 60.8 Å². The van der Waals surface area contributed by atoms with Gasteiger partial charge in [0, 0.05) is 19.1 Å². The van der Waals surface area contributed by atoms with E-state index in [0.717, 1.165) is 0 Å². The van der Waals surface area contributed by atoms with Crippen molar-refractivity contribution in [2.75, 3.05) is 26.3 Å². The van der Waals surface area contributed by atoms with Crippen molar-refractivity contribution in [2.45, 2.75) is 32.2 Å². The summed E-state index contributed by atoms with van der Waals surface area (Å²) in [5, 5.41) is 11.5. The number of rotatable bonds is 6. The summed E-state index contributed by atoms with van der Waals surface area (Å²) in [6.45, 7) is 1.70. The maximum absolute atomic E-state index is 11.8. The molecule has 1 rings (SSSR count). The second-order valence-electron chi connectivity index (χ2n) is 4.80. The lowest BCUT2D eigenvalue weighted by Gasteiger charge is -2.36. The first kappa shape index (κ1) is 16.6. The number of carbonyl (C=O) groups is 2. The van der Waals surface area contributed by atoms with Gasteiger partial charge in [0.05, 0.1) is 12.5 Å². The zero-order chi connectivity index (χ0) is 15.1. The van der Waals surface area contributed by atoms with Gasteiger partial charge in [0.2, 0.25) is 0 Å². The average Bonchev–Trinajstić information content (AvgIpc) is 2.37. The Morgan fingerprint density at radius 3 is 2.75 bits per heavy atom. The Morgan fingerprint density at radius 2 is 2.20 bits per heavy atom. The van der Waals surface area contributed by atoms with Gasteiger partial charge in [-0.3, -0.25) is 4.79 Å². The fourth-order valence-electron chi connectivity index (χ4n) is 2.20. The van der Waals surface area contributed by atoms with Crippen LogP contribution in [0.3, 0.4) is 0 Å². The normalized spacial score (nSPS) is 22.9. The smallest absolute Gasteiger partial charge is 0.317 e. The van der Waals surface area contributed by atoms with E-state index in [2.05, 4.69) is 10.1 Å². The highest BCUT2D eigenvalue weighted by Gasteiger charge is 2.31. The summed E-state index contributed by atoms with van der Waals surface area (Å²) in [6.07, 6.45) is -1.67. The summed E-state index contributed by atoms with van der Waals surface area (Å²) in [7, 11) is 0. The number of likely N-dealkylation sites (tertiary alicyclic amines) is 1. The molecule has 0 aromatic rings. The number of nitrogens with one attached hydrogen (secondary N) is 1. The highest BCUT2D eigenvalue weighted by molar-refractivity contribution is 5.75. The molecule has 2 unspecified atom stereocenters. The number of carboxylic acid groups (broad SMARTS) is 1. The van der Waals surface area contributed by atoms with E-state index < -0.39 is 24.9 Å². The molecule has 0 aliphatic carbocycles. The third-order valence-electron chi connectivity index (χ3n) is 3.25. The van der Waals surface area contributed by atoms with Gasteiger partial charge in [-0.1, -0.05) is 0 Å². The van der Waals surface area contributed by atoms with Crippen molar-refractivity contribution in [3.8, 4) is 0 Å². The van der Waals surface area contributed by atoms with Crippen LogP contribution in [0.25, 0.3) is 0 Å². The summed E-state index contributed by atoms with van der Waals surface area (Å²) in [5.74, 6) is -1.25. The van der Waals surface area contributed by atoms with Crippen molar-refractivity contribution in [2.24, 2.45) is 5.92 Å². The second-order valence-corrected chi connectivity index (χ2v) is 4.80. The molecule has 1 fully saturated rings. The Morgan fingerprint density at radius 1 is 1.50 bits per heavy atom. The monoisotopic (exact) mass is 294 g/mol. The van der Waals surface area contributed by atoms with Gasteiger partial charge in [-0.15, -0.1) is 0 Å². The van der Waals surface area contributed by atoms with E-state index >= 15 is 0 Å². The van der Waals surface area contributed by atoms with Crippen LogP contribution in [0, 0.1) is 5.92 Å². The fourth-order valence-corrected chi connectivity index (χ4v) is 2.20. The summed E-state index contributed by atoms with van der Waals surface area (Å²) in [4.78, 5) is 24.3. The first-order valence-corrected chi connectivity index (χ1v) is 6.55. The molecule has 0 aromatic carbocycles. The zero-order valence-electron chi connectivity index (χ0n) is 11.3. The average molecular weight is 294 g/mol. The number of nitrogens with zero attached hydrogens (tertiary/aromatic N) is 1. The minimum Gasteiger partial charge on any atom is -0.481 e. The Balaban J connectivity index is 2.25. The highest BCUT2D eigenvalue weighted by Crippen LogP contribution is 2.22. The molecule has 8 heteroatoms. The van der Waals surface area contributed by atoms with E-state index in [4.69, 9.17) is 5.11 Å². The molecule has 2 amide bonds. The number of carboxylic acids is 1. The van der Waals surface area contributed by atoms with Crippen LogP contribution in [0.4, 0.5) is 13.6 Å². The number of aliphatic carboxylic acids is 1. The lowest BCUT2D eigenvalue weighted by Crippen LogP contribution is -2.50. The summed E-state index contributed by atoms with van der Waals surface area (Å²) in [6, 6.07) is -0.478. The van der Waals surface area contributed by atoms with Crippen molar-refractivity contribution >= 4 is 12.0 Å². The lowest BCUT2D eigenvalue weighted by molar-refractivity contribution is -0.143. The number of hydrogen-bond donors (Lipinski definition) is 2. The molecular weight excluding hydrogens is 274 g/mol. The minimum absolute atomic E-state index is 0.0239. The third-order valence-corrected chi connectivity index (χ3v) is 3.25. The molecule has 1 aliphatic heterocycles. The number of hydrogen-bond acceptors (Lipinski definition) is 3. The summed E-state index contributed by atoms with van der Waals surface area (Å²) in [5.41, 5.74) is 0. The van der Waals surface area contributed by atoms with Crippen LogP contribution in [0.2, 0.25) is 0 Å². The topological polar surface area (TPSA) is 78.9 Å². The molecular formula is C12H20F2N2O4. The van der Waals surface area contributed by atoms with Crippen LogP contribution in [0.15, 0.2) is 0 Å². The second kappa shape index (κ2) is 7.98. The Labute approximate surface area is 116 Å². The van der Waals surface area contributed by atoms with Crippen LogP contribution >= 0.6 is 0 Å². The summed E-state index contributed by atoms with van der Waals surface area (Å²) >= 11 is 0. The maximum Gasteiger partial charge on any atom is 0.317 e. The van der Waals surface area contributed by atoms with Crippen LogP contribution in [0.5, 0.6) is 0 Å². The molecule has 0 bridgehead atoms. The number of amides is 2. The number of alkyl halides is 2. The minimum atomic E-state index is -2.51. The van der Waals surface area contributed by atoms with Crippen molar-refractivity contribution in [3.05, 3.63) is 0 Å². The molecule has 0 saturated carbocycles. The number of urea groups is 1. The number of piperidine rings is 1. The Hall–Kier alpha value is -1.44. The standard InChI is InChI=1S/C12H20F2N2O4/c1-8-6-9(11(17)18)2-4-16(8)12(19)15-3-5-20-7-10(13)14/h8-10H,2-7H2,1H3,(H,15,19)(H,17,18). The fraction of sp³-hybridized carbons (Fsp3) is 0.833. The third kappa shape index (κ3) is 5.28. The van der Waals surface area contributed by atoms with Gasteiger partial charge in [0.1, 0.15) is 6.61 Å². The maximum atomic E-state index is 11.8. The van der Waals surface area contributed by atoms with Gasteiger partial charge >= 0.3 is 12.0 Å². The lowest BCUT2D eigenvalue weighted by atomic mass is 9.92. The predicted octanol–water partition coefficient (Wildman–Crippen LogP) is 1.16. The van der Waals surface area contributed by atoms with Gasteiger partial charge in [0.25, 0.3) is 6.43 Å². The van der Waals surface area contributed by atoms with E-state index in [1.807, 2.05) is 0 Å². The van der Waals surface area contributed by atoms with Crippen molar-refractivity contribution in [1.29, 1.82) is 0 Å². The van der Waals surface area contributed by atoms with E-state index in [9.17, 15) is 18.4 Å². The van der Waals surface area contributed by atoms with Gasteiger partial charge in [-0.2, -0.15) is 0 Å². The molecule has 2 N–H and O–H groups in total. The van der Waals surface area contributed by atoms with Gasteiger partial charge in [-0.25, -0.2) is 13.6 Å². The molecule has 0 radical (unpaired) electrons. The molecule has 1 aliphatic rings. The van der Waals surface area contributed by atoms with E-state index in [-0.39, 0.29) is 25.2 Å². The molecule has 2 atom stereocenters. The molecule has 6 nitrogen and oxygen atoms in total. The van der Waals surface area contributed by atoms with Crippen molar-refractivity contribution in [1.82, 2.24) is 10.2 Å². The van der Waals surface area contributed by atoms with Crippen molar-refractivity contribution < 1.29 is 28.2 Å². The van der Waals surface area contributed by atoms with E-state index in [0.29, 0.717) is 19.4 Å². The van der Waals surface area contributed by atoms with Gasteiger partial charge < -0.3 is 20.1 Å². The molecule has 1 heterocycles. The van der Waals surface area contributed by atoms with Crippen LogP contribution < -0.4 is 5.32 Å². The first-order valence-electron chi connectivity index (χ1n) is 6.55.